The van der Waals surface area contributed by atoms with Crippen LogP contribution in [0.5, 0.6) is 5.75 Å². The van der Waals surface area contributed by atoms with Gasteiger partial charge in [-0.3, -0.25) is 4.79 Å². The number of aromatic nitrogens is 2. The molecule has 3 aromatic rings. The molecule has 0 aliphatic heterocycles. The van der Waals surface area contributed by atoms with E-state index in [4.69, 9.17) is 9.15 Å². The summed E-state index contributed by atoms with van der Waals surface area (Å²) < 4.78 is 11.0. The van der Waals surface area contributed by atoms with Gasteiger partial charge in [0.2, 0.25) is 11.8 Å². The maximum atomic E-state index is 12.4. The highest BCUT2D eigenvalue weighted by Crippen LogP contribution is 2.28. The van der Waals surface area contributed by atoms with Crippen LogP contribution in [-0.4, -0.2) is 23.2 Å². The monoisotopic (exact) mass is 365 g/mol. The van der Waals surface area contributed by atoms with E-state index < -0.39 is 0 Å². The second-order valence-corrected chi connectivity index (χ2v) is 6.21. The van der Waals surface area contributed by atoms with E-state index in [1.807, 2.05) is 49.4 Å². The minimum absolute atomic E-state index is 0.0731. The Morgan fingerprint density at radius 3 is 2.74 bits per heavy atom. The van der Waals surface area contributed by atoms with E-state index >= 15 is 0 Å². The first kappa shape index (κ1) is 18.6. The largest absolute Gasteiger partial charge is 0.496 e. The van der Waals surface area contributed by atoms with Crippen LogP contribution in [0, 0.1) is 6.92 Å². The van der Waals surface area contributed by atoms with Crippen molar-refractivity contribution in [1.82, 2.24) is 10.2 Å². The van der Waals surface area contributed by atoms with E-state index in [2.05, 4.69) is 22.4 Å². The number of amides is 1. The van der Waals surface area contributed by atoms with Gasteiger partial charge in [0.1, 0.15) is 5.75 Å². The first-order valence-electron chi connectivity index (χ1n) is 8.96. The molecule has 0 bridgehead atoms. The summed E-state index contributed by atoms with van der Waals surface area (Å²) in [5.41, 5.74) is 3.81. The maximum Gasteiger partial charge on any atom is 0.251 e. The number of rotatable bonds is 7. The minimum atomic E-state index is -0.0731. The first-order chi connectivity index (χ1) is 13.1. The number of nitrogens with one attached hydrogen (secondary N) is 1. The summed E-state index contributed by atoms with van der Waals surface area (Å²) in [6.07, 6.45) is 1.51. The minimum Gasteiger partial charge on any atom is -0.496 e. The normalized spacial score (nSPS) is 10.6. The molecule has 0 spiro atoms. The SMILES string of the molecule is CCc1cccc(C)c1NC(=O)CCc1nnc(-c2ccccc2OC)o1. The molecule has 6 nitrogen and oxygen atoms in total. The third-order valence-electron chi connectivity index (χ3n) is 4.37. The van der Waals surface area contributed by atoms with Crippen LogP contribution in [0.25, 0.3) is 11.5 Å². The smallest absolute Gasteiger partial charge is 0.251 e. The third kappa shape index (κ3) is 4.34. The summed E-state index contributed by atoms with van der Waals surface area (Å²) in [7, 11) is 1.59. The highest BCUT2D eigenvalue weighted by atomic mass is 16.5. The fraction of sp³-hybridized carbons (Fsp3) is 0.286. The molecule has 27 heavy (non-hydrogen) atoms. The van der Waals surface area contributed by atoms with E-state index in [0.29, 0.717) is 24.0 Å². The Bertz CT molecular complexity index is 934. The molecule has 0 saturated carbocycles. The summed E-state index contributed by atoms with van der Waals surface area (Å²) in [6.45, 7) is 4.06. The number of carbonyl (C=O) groups is 1. The van der Waals surface area contributed by atoms with Gasteiger partial charge in [-0.1, -0.05) is 37.3 Å². The summed E-state index contributed by atoms with van der Waals surface area (Å²) in [6, 6.07) is 13.5. The van der Waals surface area contributed by atoms with Gasteiger partial charge >= 0.3 is 0 Å². The molecule has 2 aromatic carbocycles. The van der Waals surface area contributed by atoms with Crippen LogP contribution < -0.4 is 10.1 Å². The molecule has 0 unspecified atom stereocenters. The van der Waals surface area contributed by atoms with Crippen LogP contribution in [-0.2, 0) is 17.6 Å². The molecular weight excluding hydrogens is 342 g/mol. The quantitative estimate of drug-likeness (QED) is 0.679. The zero-order valence-electron chi connectivity index (χ0n) is 15.8. The van der Waals surface area contributed by atoms with Gasteiger partial charge in [0.25, 0.3) is 5.89 Å². The number of hydrogen-bond acceptors (Lipinski definition) is 5. The van der Waals surface area contributed by atoms with Crippen molar-refractivity contribution in [3.63, 3.8) is 0 Å². The van der Waals surface area contributed by atoms with Crippen LogP contribution in [0.15, 0.2) is 46.9 Å². The van der Waals surface area contributed by atoms with Crippen molar-refractivity contribution >= 4 is 11.6 Å². The molecule has 6 heteroatoms. The zero-order chi connectivity index (χ0) is 19.2. The summed E-state index contributed by atoms with van der Waals surface area (Å²) in [5, 5.41) is 11.1. The molecule has 1 N–H and O–H groups in total. The van der Waals surface area contributed by atoms with E-state index in [-0.39, 0.29) is 12.3 Å². The number of para-hydroxylation sites is 2. The molecule has 0 aliphatic rings. The van der Waals surface area contributed by atoms with Crippen LogP contribution >= 0.6 is 0 Å². The lowest BCUT2D eigenvalue weighted by molar-refractivity contribution is -0.116. The number of aryl methyl sites for hydroxylation is 3. The first-order valence-corrected chi connectivity index (χ1v) is 8.96. The molecule has 0 aliphatic carbocycles. The van der Waals surface area contributed by atoms with Crippen molar-refractivity contribution in [3.05, 3.63) is 59.5 Å². The molecule has 1 heterocycles. The van der Waals surface area contributed by atoms with Crippen molar-refractivity contribution in [1.29, 1.82) is 0 Å². The fourth-order valence-electron chi connectivity index (χ4n) is 2.91. The van der Waals surface area contributed by atoms with Gasteiger partial charge < -0.3 is 14.5 Å². The predicted molar refractivity (Wildman–Crippen MR) is 104 cm³/mol. The van der Waals surface area contributed by atoms with Crippen LogP contribution in [0.3, 0.4) is 0 Å². The highest BCUT2D eigenvalue weighted by Gasteiger charge is 2.14. The molecule has 1 amide bonds. The van der Waals surface area contributed by atoms with Crippen molar-refractivity contribution in [2.24, 2.45) is 0 Å². The number of hydrogen-bond donors (Lipinski definition) is 1. The molecular formula is C21H23N3O3. The van der Waals surface area contributed by atoms with Crippen molar-refractivity contribution in [3.8, 4) is 17.2 Å². The zero-order valence-corrected chi connectivity index (χ0v) is 15.8. The van der Waals surface area contributed by atoms with Crippen LogP contribution in [0.1, 0.15) is 30.4 Å². The molecule has 3 rings (SSSR count). The Morgan fingerprint density at radius 2 is 1.96 bits per heavy atom. The molecule has 0 saturated heterocycles. The van der Waals surface area contributed by atoms with E-state index in [0.717, 1.165) is 28.8 Å². The lowest BCUT2D eigenvalue weighted by atomic mass is 10.1. The van der Waals surface area contributed by atoms with E-state index in [9.17, 15) is 4.79 Å². The molecule has 140 valence electrons. The van der Waals surface area contributed by atoms with Gasteiger partial charge in [-0.15, -0.1) is 10.2 Å². The van der Waals surface area contributed by atoms with E-state index in [1.54, 1.807) is 7.11 Å². The topological polar surface area (TPSA) is 77.2 Å². The molecule has 0 radical (unpaired) electrons. The lowest BCUT2D eigenvalue weighted by Crippen LogP contribution is -2.14. The van der Waals surface area contributed by atoms with Crippen LogP contribution in [0.4, 0.5) is 5.69 Å². The van der Waals surface area contributed by atoms with Crippen molar-refractivity contribution < 1.29 is 13.9 Å². The number of nitrogens with zero attached hydrogens (tertiary/aromatic N) is 2. The average molecular weight is 365 g/mol. The standard InChI is InChI=1S/C21H23N3O3/c1-4-15-9-7-8-14(2)20(15)22-18(25)12-13-19-23-24-21(27-19)16-10-5-6-11-17(16)26-3/h5-11H,4,12-13H2,1-3H3,(H,22,25). The Hall–Kier alpha value is -3.15. The molecule has 0 atom stereocenters. The Kier molecular flexibility index (Phi) is 5.86. The maximum absolute atomic E-state index is 12.4. The fourth-order valence-corrected chi connectivity index (χ4v) is 2.91. The van der Waals surface area contributed by atoms with Gasteiger partial charge in [-0.25, -0.2) is 0 Å². The van der Waals surface area contributed by atoms with Crippen molar-refractivity contribution in [2.75, 3.05) is 12.4 Å². The lowest BCUT2D eigenvalue weighted by Gasteiger charge is -2.12. The highest BCUT2D eigenvalue weighted by molar-refractivity contribution is 5.92. The Morgan fingerprint density at radius 1 is 1.15 bits per heavy atom. The number of benzene rings is 2. The third-order valence-corrected chi connectivity index (χ3v) is 4.37. The second-order valence-electron chi connectivity index (χ2n) is 6.21. The van der Waals surface area contributed by atoms with Gasteiger partial charge in [0, 0.05) is 18.5 Å². The van der Waals surface area contributed by atoms with E-state index in [1.165, 1.54) is 0 Å². The molecule has 0 fully saturated rings. The van der Waals surface area contributed by atoms with Gasteiger partial charge in [-0.05, 0) is 36.6 Å². The van der Waals surface area contributed by atoms with Gasteiger partial charge in [0.05, 0.1) is 12.7 Å². The second kappa shape index (κ2) is 8.49. The molecule has 1 aromatic heterocycles. The number of methoxy groups -OCH3 is 1. The summed E-state index contributed by atoms with van der Waals surface area (Å²) >= 11 is 0. The number of ether oxygens (including phenoxy) is 1. The number of carbonyl (C=O) groups excluding carboxylic acids is 1. The number of anilines is 1. The van der Waals surface area contributed by atoms with Gasteiger partial charge in [0.15, 0.2) is 0 Å². The predicted octanol–water partition coefficient (Wildman–Crippen LogP) is 4.19. The van der Waals surface area contributed by atoms with Gasteiger partial charge in [-0.2, -0.15) is 0 Å². The Labute approximate surface area is 158 Å². The average Bonchev–Trinajstić information content (AvgIpc) is 3.16. The Balaban J connectivity index is 1.65. The van der Waals surface area contributed by atoms with Crippen molar-refractivity contribution in [2.45, 2.75) is 33.1 Å². The summed E-state index contributed by atoms with van der Waals surface area (Å²) in [4.78, 5) is 12.4. The van der Waals surface area contributed by atoms with Crippen LogP contribution in [0.2, 0.25) is 0 Å². The summed E-state index contributed by atoms with van der Waals surface area (Å²) in [5.74, 6) is 1.40.